The fourth-order valence-corrected chi connectivity index (χ4v) is 2.74. The lowest BCUT2D eigenvalue weighted by molar-refractivity contribution is -0.141. The molecule has 1 atom stereocenters. The Hall–Kier alpha value is -1.41. The summed E-state index contributed by atoms with van der Waals surface area (Å²) in [4.78, 5) is 11.1. The van der Waals surface area contributed by atoms with Crippen LogP contribution >= 0.6 is 0 Å². The van der Waals surface area contributed by atoms with Crippen LogP contribution in [0.4, 0.5) is 0 Å². The fraction of sp³-hybridized carbons (Fsp3) is 0.600. The maximum atomic E-state index is 12.0. The van der Waals surface area contributed by atoms with Crippen LogP contribution < -0.4 is 4.72 Å². The molecule has 0 unspecified atom stereocenters. The van der Waals surface area contributed by atoms with Gasteiger partial charge in [0, 0.05) is 13.2 Å². The van der Waals surface area contributed by atoms with Crippen LogP contribution in [0, 0.1) is 5.41 Å². The van der Waals surface area contributed by atoms with Gasteiger partial charge in [-0.05, 0) is 5.41 Å². The smallest absolute Gasteiger partial charge is 0.322 e. The van der Waals surface area contributed by atoms with Crippen molar-refractivity contribution in [1.29, 1.82) is 0 Å². The Bertz CT molecular complexity index is 542. The molecule has 1 aromatic heterocycles. The molecule has 0 saturated heterocycles. The van der Waals surface area contributed by atoms with Crippen LogP contribution in [0.15, 0.2) is 17.3 Å². The zero-order valence-corrected chi connectivity index (χ0v) is 11.5. The topological polar surface area (TPSA) is 101 Å². The van der Waals surface area contributed by atoms with Crippen LogP contribution in [0.5, 0.6) is 0 Å². The molecule has 0 bridgehead atoms. The van der Waals surface area contributed by atoms with Crippen molar-refractivity contribution < 1.29 is 18.3 Å². The maximum Gasteiger partial charge on any atom is 0.322 e. The van der Waals surface area contributed by atoms with Crippen molar-refractivity contribution in [3.8, 4) is 0 Å². The summed E-state index contributed by atoms with van der Waals surface area (Å²) in [7, 11) is -2.30. The highest BCUT2D eigenvalue weighted by Gasteiger charge is 2.35. The van der Waals surface area contributed by atoms with E-state index >= 15 is 0 Å². The summed E-state index contributed by atoms with van der Waals surface area (Å²) in [6.07, 6.45) is 2.48. The van der Waals surface area contributed by atoms with E-state index in [0.717, 1.165) is 0 Å². The molecule has 0 aromatic carbocycles. The molecule has 0 aliphatic carbocycles. The van der Waals surface area contributed by atoms with Crippen molar-refractivity contribution in [2.45, 2.75) is 31.7 Å². The number of hydrogen-bond donors (Lipinski definition) is 2. The summed E-state index contributed by atoms with van der Waals surface area (Å²) in [6.45, 7) is 4.95. The molecule has 7 nitrogen and oxygen atoms in total. The summed E-state index contributed by atoms with van der Waals surface area (Å²) >= 11 is 0. The second kappa shape index (κ2) is 4.69. The molecule has 0 spiro atoms. The molecule has 0 fully saturated rings. The number of nitrogens with one attached hydrogen (secondary N) is 1. The predicted octanol–water partition coefficient (Wildman–Crippen LogP) is 0.198. The molecule has 0 aliphatic heterocycles. The summed E-state index contributed by atoms with van der Waals surface area (Å²) < 4.78 is 27.5. The molecule has 8 heteroatoms. The lowest BCUT2D eigenvalue weighted by Gasteiger charge is -2.27. The zero-order valence-electron chi connectivity index (χ0n) is 10.7. The van der Waals surface area contributed by atoms with Crippen molar-refractivity contribution in [3.05, 3.63) is 12.4 Å². The van der Waals surface area contributed by atoms with Crippen molar-refractivity contribution in [2.75, 3.05) is 0 Å². The summed E-state index contributed by atoms with van der Waals surface area (Å²) in [5, 5.41) is 12.8. The van der Waals surface area contributed by atoms with E-state index in [0.29, 0.717) is 0 Å². The maximum absolute atomic E-state index is 12.0. The molecule has 2 N–H and O–H groups in total. The van der Waals surface area contributed by atoms with E-state index < -0.39 is 27.4 Å². The van der Waals surface area contributed by atoms with Crippen LogP contribution in [-0.4, -0.2) is 35.3 Å². The van der Waals surface area contributed by atoms with Crippen molar-refractivity contribution >= 4 is 16.0 Å². The molecule has 1 aromatic rings. The van der Waals surface area contributed by atoms with E-state index in [-0.39, 0.29) is 4.90 Å². The average Bonchev–Trinajstić information content (AvgIpc) is 2.60. The molecule has 0 saturated carbocycles. The van der Waals surface area contributed by atoms with Gasteiger partial charge in [0.15, 0.2) is 0 Å². The third-order valence-corrected chi connectivity index (χ3v) is 3.75. The van der Waals surface area contributed by atoms with Gasteiger partial charge in [0.05, 0.1) is 6.20 Å². The number of sulfonamides is 1. The number of rotatable bonds is 4. The minimum atomic E-state index is -3.88. The highest BCUT2D eigenvalue weighted by molar-refractivity contribution is 7.89. The number of carboxylic acids is 1. The van der Waals surface area contributed by atoms with Gasteiger partial charge in [-0.25, -0.2) is 8.42 Å². The predicted molar refractivity (Wildman–Crippen MR) is 64.4 cm³/mol. The Morgan fingerprint density at radius 3 is 2.39 bits per heavy atom. The van der Waals surface area contributed by atoms with Gasteiger partial charge < -0.3 is 5.11 Å². The van der Waals surface area contributed by atoms with Gasteiger partial charge in [-0.3, -0.25) is 9.48 Å². The molecule has 1 heterocycles. The quantitative estimate of drug-likeness (QED) is 0.817. The molecular weight excluding hydrogens is 258 g/mol. The third kappa shape index (κ3) is 3.30. The minimum Gasteiger partial charge on any atom is -0.480 e. The normalized spacial score (nSPS) is 14.4. The van der Waals surface area contributed by atoms with Gasteiger partial charge >= 0.3 is 5.97 Å². The molecule has 1 rings (SSSR count). The molecule has 0 aliphatic rings. The van der Waals surface area contributed by atoms with Gasteiger partial charge in [0.1, 0.15) is 10.9 Å². The molecule has 18 heavy (non-hydrogen) atoms. The van der Waals surface area contributed by atoms with Crippen LogP contribution in [-0.2, 0) is 21.9 Å². The first-order chi connectivity index (χ1) is 8.04. The Labute approximate surface area is 106 Å². The molecular formula is C10H17N3O4S. The lowest BCUT2D eigenvalue weighted by Crippen LogP contribution is -2.48. The van der Waals surface area contributed by atoms with Crippen LogP contribution in [0.3, 0.4) is 0 Å². The Morgan fingerprint density at radius 2 is 2.06 bits per heavy atom. The van der Waals surface area contributed by atoms with E-state index in [1.807, 2.05) is 0 Å². The number of aryl methyl sites for hydroxylation is 1. The van der Waals surface area contributed by atoms with E-state index in [9.17, 15) is 13.2 Å². The van der Waals surface area contributed by atoms with E-state index in [1.54, 1.807) is 27.8 Å². The largest absolute Gasteiger partial charge is 0.480 e. The summed E-state index contributed by atoms with van der Waals surface area (Å²) in [5.74, 6) is -1.21. The number of nitrogens with zero attached hydrogens (tertiary/aromatic N) is 2. The summed E-state index contributed by atoms with van der Waals surface area (Å²) in [5.41, 5.74) is -0.735. The van der Waals surface area contributed by atoms with Gasteiger partial charge in [-0.2, -0.15) is 9.82 Å². The number of hydrogen-bond acceptors (Lipinski definition) is 4. The van der Waals surface area contributed by atoms with Crippen LogP contribution in [0.1, 0.15) is 20.8 Å². The highest BCUT2D eigenvalue weighted by Crippen LogP contribution is 2.21. The number of carboxylic acid groups (broad SMARTS) is 1. The Kier molecular flexibility index (Phi) is 3.82. The Balaban J connectivity index is 3.05. The first-order valence-electron chi connectivity index (χ1n) is 5.28. The number of carbonyl (C=O) groups is 1. The molecule has 0 amide bonds. The zero-order chi connectivity index (χ0) is 14.1. The minimum absolute atomic E-state index is 0.0551. The van der Waals surface area contributed by atoms with E-state index in [4.69, 9.17) is 5.11 Å². The van der Waals surface area contributed by atoms with Crippen molar-refractivity contribution in [3.63, 3.8) is 0 Å². The van der Waals surface area contributed by atoms with Crippen LogP contribution in [0.2, 0.25) is 0 Å². The second-order valence-corrected chi connectivity index (χ2v) is 6.82. The van der Waals surface area contributed by atoms with Crippen LogP contribution in [0.25, 0.3) is 0 Å². The first kappa shape index (κ1) is 14.7. The molecule has 102 valence electrons. The monoisotopic (exact) mass is 275 g/mol. The van der Waals surface area contributed by atoms with Gasteiger partial charge in [-0.1, -0.05) is 20.8 Å². The average molecular weight is 275 g/mol. The third-order valence-electron chi connectivity index (χ3n) is 2.38. The lowest BCUT2D eigenvalue weighted by atomic mass is 9.88. The first-order valence-corrected chi connectivity index (χ1v) is 6.76. The van der Waals surface area contributed by atoms with Crippen molar-refractivity contribution in [2.24, 2.45) is 12.5 Å². The van der Waals surface area contributed by atoms with Gasteiger partial charge in [0.25, 0.3) is 0 Å². The Morgan fingerprint density at radius 1 is 1.50 bits per heavy atom. The highest BCUT2D eigenvalue weighted by atomic mass is 32.2. The standard InChI is InChI=1S/C10H17N3O4S/c1-10(2,3)8(9(14)15)12-18(16,17)7-5-11-13(4)6-7/h5-6,8,12H,1-4H3,(H,14,15)/t8-/m0/s1. The van der Waals surface area contributed by atoms with E-state index in [2.05, 4.69) is 9.82 Å². The SMILES string of the molecule is Cn1cc(S(=O)(=O)N[C@@H](C(=O)O)C(C)(C)C)cn1. The van der Waals surface area contributed by atoms with Crippen molar-refractivity contribution in [1.82, 2.24) is 14.5 Å². The van der Waals surface area contributed by atoms with E-state index in [1.165, 1.54) is 17.1 Å². The fourth-order valence-electron chi connectivity index (χ4n) is 1.36. The number of aliphatic carboxylic acids is 1. The summed E-state index contributed by atoms with van der Waals surface area (Å²) in [6, 6.07) is -1.21. The van der Waals surface area contributed by atoms with Gasteiger partial charge in [-0.15, -0.1) is 0 Å². The van der Waals surface area contributed by atoms with Gasteiger partial charge in [0.2, 0.25) is 10.0 Å². The molecule has 0 radical (unpaired) electrons. The second-order valence-electron chi connectivity index (χ2n) is 5.11. The number of aromatic nitrogens is 2.